The molecule has 33 heavy (non-hydrogen) atoms. The summed E-state index contributed by atoms with van der Waals surface area (Å²) in [5.41, 5.74) is 5.70. The van der Waals surface area contributed by atoms with Crippen LogP contribution in [0.3, 0.4) is 0 Å². The van der Waals surface area contributed by atoms with E-state index in [2.05, 4.69) is 5.32 Å². The van der Waals surface area contributed by atoms with Crippen molar-refractivity contribution >= 4 is 28.8 Å². The molecule has 0 unspecified atom stereocenters. The van der Waals surface area contributed by atoms with Crippen molar-refractivity contribution in [3.05, 3.63) is 94.7 Å². The molecule has 4 rings (SSSR count). The maximum absolute atomic E-state index is 13.6. The third kappa shape index (κ3) is 4.67. The standard InChI is InChI=1S/C28H28N2O3/c1-5-14-33-24-12-8-21(9-13-24)25-26(29-22-10-6-18(2)7-11-22)28(32)30(27(25)31)23-16-19(3)15-20(4)17-23/h6-13,15-17,29H,5,14H2,1-4H3. The third-order valence-electron chi connectivity index (χ3n) is 5.49. The average molecular weight is 441 g/mol. The Morgan fingerprint density at radius 1 is 0.788 bits per heavy atom. The third-order valence-corrected chi connectivity index (χ3v) is 5.49. The van der Waals surface area contributed by atoms with Gasteiger partial charge in [0.15, 0.2) is 0 Å². The average Bonchev–Trinajstić information content (AvgIpc) is 3.03. The lowest BCUT2D eigenvalue weighted by molar-refractivity contribution is -0.120. The molecule has 3 aromatic rings. The van der Waals surface area contributed by atoms with E-state index in [9.17, 15) is 9.59 Å². The second-order valence-electron chi connectivity index (χ2n) is 8.41. The van der Waals surface area contributed by atoms with Gasteiger partial charge in [-0.3, -0.25) is 9.59 Å². The number of hydrogen-bond donors (Lipinski definition) is 1. The van der Waals surface area contributed by atoms with Crippen molar-refractivity contribution in [3.63, 3.8) is 0 Å². The van der Waals surface area contributed by atoms with Crippen LogP contribution in [0.25, 0.3) is 5.57 Å². The zero-order valence-electron chi connectivity index (χ0n) is 19.4. The molecule has 0 bridgehead atoms. The Balaban J connectivity index is 1.77. The van der Waals surface area contributed by atoms with Gasteiger partial charge in [-0.05, 0) is 80.3 Å². The molecule has 0 aliphatic carbocycles. The van der Waals surface area contributed by atoms with Gasteiger partial charge in [0.25, 0.3) is 11.8 Å². The minimum atomic E-state index is -0.369. The molecule has 0 radical (unpaired) electrons. The molecular weight excluding hydrogens is 412 g/mol. The molecule has 168 valence electrons. The van der Waals surface area contributed by atoms with E-state index < -0.39 is 0 Å². The molecule has 3 aromatic carbocycles. The number of rotatable bonds is 7. The highest BCUT2D eigenvalue weighted by Gasteiger charge is 2.40. The fourth-order valence-corrected chi connectivity index (χ4v) is 3.95. The van der Waals surface area contributed by atoms with Crippen LogP contribution in [0.2, 0.25) is 0 Å². The maximum Gasteiger partial charge on any atom is 0.282 e. The number of carbonyl (C=O) groups is 2. The predicted molar refractivity (Wildman–Crippen MR) is 132 cm³/mol. The number of nitrogens with zero attached hydrogens (tertiary/aromatic N) is 1. The first-order valence-electron chi connectivity index (χ1n) is 11.2. The molecule has 0 fully saturated rings. The Kier molecular flexibility index (Phi) is 6.31. The van der Waals surface area contributed by atoms with Crippen LogP contribution in [0.1, 0.15) is 35.6 Å². The molecule has 0 spiro atoms. The Hall–Kier alpha value is -3.86. The van der Waals surface area contributed by atoms with Gasteiger partial charge in [0, 0.05) is 5.69 Å². The van der Waals surface area contributed by atoms with Crippen molar-refractivity contribution < 1.29 is 14.3 Å². The van der Waals surface area contributed by atoms with Gasteiger partial charge in [0.2, 0.25) is 0 Å². The number of benzene rings is 3. The number of anilines is 2. The smallest absolute Gasteiger partial charge is 0.282 e. The van der Waals surface area contributed by atoms with Crippen molar-refractivity contribution in [1.82, 2.24) is 0 Å². The van der Waals surface area contributed by atoms with Crippen LogP contribution in [0.4, 0.5) is 11.4 Å². The van der Waals surface area contributed by atoms with E-state index in [1.165, 1.54) is 4.90 Å². The molecule has 0 aromatic heterocycles. The molecule has 0 saturated heterocycles. The van der Waals surface area contributed by atoms with Crippen LogP contribution in [0.5, 0.6) is 5.75 Å². The van der Waals surface area contributed by atoms with E-state index in [-0.39, 0.29) is 17.5 Å². The van der Waals surface area contributed by atoms with Crippen LogP contribution < -0.4 is 15.0 Å². The number of ether oxygens (including phenoxy) is 1. The number of hydrogen-bond acceptors (Lipinski definition) is 4. The highest BCUT2D eigenvalue weighted by atomic mass is 16.5. The van der Waals surface area contributed by atoms with Gasteiger partial charge in [-0.25, -0.2) is 4.90 Å². The number of aryl methyl sites for hydroxylation is 3. The molecule has 1 N–H and O–H groups in total. The number of amides is 2. The van der Waals surface area contributed by atoms with Crippen LogP contribution in [0.15, 0.2) is 72.4 Å². The molecule has 0 atom stereocenters. The fraction of sp³-hybridized carbons (Fsp3) is 0.214. The molecule has 1 aliphatic rings. The van der Waals surface area contributed by atoms with E-state index >= 15 is 0 Å². The summed E-state index contributed by atoms with van der Waals surface area (Å²) in [6.45, 7) is 8.59. The first-order valence-corrected chi connectivity index (χ1v) is 11.2. The van der Waals surface area contributed by atoms with Crippen molar-refractivity contribution in [2.75, 3.05) is 16.8 Å². The molecule has 2 amide bonds. The van der Waals surface area contributed by atoms with Gasteiger partial charge in [0.1, 0.15) is 11.4 Å². The first-order chi connectivity index (χ1) is 15.9. The zero-order chi connectivity index (χ0) is 23.5. The summed E-state index contributed by atoms with van der Waals surface area (Å²) in [5.74, 6) is 0.0194. The van der Waals surface area contributed by atoms with E-state index in [1.54, 1.807) is 0 Å². The number of imide groups is 1. The normalized spacial score (nSPS) is 13.6. The largest absolute Gasteiger partial charge is 0.494 e. The monoisotopic (exact) mass is 440 g/mol. The van der Waals surface area contributed by atoms with Gasteiger partial charge in [-0.15, -0.1) is 0 Å². The molecule has 5 nitrogen and oxygen atoms in total. The van der Waals surface area contributed by atoms with Gasteiger partial charge < -0.3 is 10.1 Å². The van der Waals surface area contributed by atoms with Gasteiger partial charge in [-0.2, -0.15) is 0 Å². The Bertz CT molecular complexity index is 1200. The summed E-state index contributed by atoms with van der Waals surface area (Å²) in [6, 6.07) is 20.8. The van der Waals surface area contributed by atoms with E-state index in [0.717, 1.165) is 34.5 Å². The van der Waals surface area contributed by atoms with Crippen LogP contribution in [-0.4, -0.2) is 18.4 Å². The second kappa shape index (κ2) is 9.33. The van der Waals surface area contributed by atoms with Gasteiger partial charge >= 0.3 is 0 Å². The van der Waals surface area contributed by atoms with Gasteiger partial charge in [-0.1, -0.05) is 42.8 Å². The summed E-state index contributed by atoms with van der Waals surface area (Å²) in [5, 5.41) is 3.21. The van der Waals surface area contributed by atoms with Crippen molar-refractivity contribution in [3.8, 4) is 5.75 Å². The number of nitrogens with one attached hydrogen (secondary N) is 1. The molecule has 0 saturated carbocycles. The predicted octanol–water partition coefficient (Wildman–Crippen LogP) is 5.80. The van der Waals surface area contributed by atoms with Crippen molar-refractivity contribution in [2.24, 2.45) is 0 Å². The minimum absolute atomic E-state index is 0.269. The Morgan fingerprint density at radius 3 is 2.03 bits per heavy atom. The van der Waals surface area contributed by atoms with Crippen LogP contribution in [-0.2, 0) is 9.59 Å². The molecule has 5 heteroatoms. The van der Waals surface area contributed by atoms with Crippen LogP contribution in [0, 0.1) is 20.8 Å². The van der Waals surface area contributed by atoms with E-state index in [4.69, 9.17) is 4.74 Å². The van der Waals surface area contributed by atoms with Gasteiger partial charge in [0.05, 0.1) is 17.9 Å². The quantitative estimate of drug-likeness (QED) is 0.472. The molecule has 1 heterocycles. The first kappa shape index (κ1) is 22.3. The minimum Gasteiger partial charge on any atom is -0.494 e. The molecule has 1 aliphatic heterocycles. The highest BCUT2D eigenvalue weighted by Crippen LogP contribution is 2.35. The lowest BCUT2D eigenvalue weighted by Gasteiger charge is -2.17. The number of carbonyl (C=O) groups excluding carboxylic acids is 2. The SMILES string of the molecule is CCCOc1ccc(C2=C(Nc3ccc(C)cc3)C(=O)N(c3cc(C)cc(C)c3)C2=O)cc1. The lowest BCUT2D eigenvalue weighted by Crippen LogP contribution is -2.32. The second-order valence-corrected chi connectivity index (χ2v) is 8.41. The van der Waals surface area contributed by atoms with Crippen molar-refractivity contribution in [1.29, 1.82) is 0 Å². The Labute approximate surface area is 194 Å². The van der Waals surface area contributed by atoms with Crippen LogP contribution >= 0.6 is 0 Å². The highest BCUT2D eigenvalue weighted by molar-refractivity contribution is 6.46. The summed E-state index contributed by atoms with van der Waals surface area (Å²) < 4.78 is 5.68. The summed E-state index contributed by atoms with van der Waals surface area (Å²) in [7, 11) is 0. The zero-order valence-corrected chi connectivity index (χ0v) is 19.4. The lowest BCUT2D eigenvalue weighted by atomic mass is 10.0. The summed E-state index contributed by atoms with van der Waals surface area (Å²) >= 11 is 0. The summed E-state index contributed by atoms with van der Waals surface area (Å²) in [4.78, 5) is 28.4. The van der Waals surface area contributed by atoms with Crippen molar-refractivity contribution in [2.45, 2.75) is 34.1 Å². The summed E-state index contributed by atoms with van der Waals surface area (Å²) in [6.07, 6.45) is 0.912. The molecular formula is C28H28N2O3. The maximum atomic E-state index is 13.6. The van der Waals surface area contributed by atoms with E-state index in [0.29, 0.717) is 23.4 Å². The fourth-order valence-electron chi connectivity index (χ4n) is 3.95. The van der Waals surface area contributed by atoms with E-state index in [1.807, 2.05) is 94.4 Å². The topological polar surface area (TPSA) is 58.6 Å². The Morgan fingerprint density at radius 2 is 1.42 bits per heavy atom.